The first-order valence-corrected chi connectivity index (χ1v) is 10.6. The number of nitro groups is 1. The molecule has 0 saturated heterocycles. The summed E-state index contributed by atoms with van der Waals surface area (Å²) in [5, 5.41) is 18.8. The van der Waals surface area contributed by atoms with E-state index < -0.39 is 4.92 Å². The zero-order valence-electron chi connectivity index (χ0n) is 16.4. The van der Waals surface area contributed by atoms with Crippen LogP contribution in [0.1, 0.15) is 11.1 Å². The van der Waals surface area contributed by atoms with Gasteiger partial charge in [-0.1, -0.05) is 53.0 Å². The van der Waals surface area contributed by atoms with Crippen LogP contribution >= 0.6 is 34.8 Å². The van der Waals surface area contributed by atoms with Crippen molar-refractivity contribution in [3.63, 3.8) is 0 Å². The maximum Gasteiger partial charge on any atom is 0.271 e. The third-order valence-electron chi connectivity index (χ3n) is 4.46. The lowest BCUT2D eigenvalue weighted by Gasteiger charge is -2.14. The minimum Gasteiger partial charge on any atom is -0.489 e. The second-order valence-electron chi connectivity index (χ2n) is 6.66. The van der Waals surface area contributed by atoms with Crippen molar-refractivity contribution in [1.82, 2.24) is 5.32 Å². The summed E-state index contributed by atoms with van der Waals surface area (Å²) in [5.74, 6) is 0.725. The molecule has 3 aromatic carbocycles. The molecule has 0 aliphatic heterocycles. The summed E-state index contributed by atoms with van der Waals surface area (Å²) >= 11 is 18.4. The summed E-state index contributed by atoms with van der Waals surface area (Å²) in [6.45, 7) is 2.11. The molecule has 0 atom stereocenters. The predicted octanol–water partition coefficient (Wildman–Crippen LogP) is 6.34. The van der Waals surface area contributed by atoms with Crippen molar-refractivity contribution in [3.05, 3.63) is 97.0 Å². The molecule has 0 aliphatic carbocycles. The molecule has 0 spiro atoms. The van der Waals surface area contributed by atoms with Crippen LogP contribution in [-0.2, 0) is 13.2 Å². The minimum absolute atomic E-state index is 0.0426. The van der Waals surface area contributed by atoms with Crippen LogP contribution < -0.4 is 15.4 Å². The molecule has 2 N–H and O–H groups in total. The number of non-ortho nitro benzene ring substituents is 1. The van der Waals surface area contributed by atoms with Crippen molar-refractivity contribution in [3.8, 4) is 5.75 Å². The van der Waals surface area contributed by atoms with Crippen LogP contribution in [0.4, 0.5) is 11.4 Å². The fourth-order valence-corrected chi connectivity index (χ4v) is 3.49. The van der Waals surface area contributed by atoms with E-state index in [-0.39, 0.29) is 5.69 Å². The molecule has 162 valence electrons. The van der Waals surface area contributed by atoms with E-state index in [1.165, 1.54) is 12.1 Å². The number of ether oxygens (including phenoxy) is 1. The van der Waals surface area contributed by atoms with Crippen LogP contribution in [0, 0.1) is 10.1 Å². The monoisotopic (exact) mass is 479 g/mol. The summed E-state index contributed by atoms with van der Waals surface area (Å²) in [6, 6.07) is 17.4. The van der Waals surface area contributed by atoms with E-state index in [4.69, 9.17) is 39.5 Å². The van der Waals surface area contributed by atoms with Gasteiger partial charge < -0.3 is 15.4 Å². The van der Waals surface area contributed by atoms with Gasteiger partial charge in [-0.25, -0.2) is 0 Å². The Morgan fingerprint density at radius 1 is 0.903 bits per heavy atom. The Balaban J connectivity index is 1.51. The second-order valence-corrected chi connectivity index (χ2v) is 7.91. The lowest BCUT2D eigenvalue weighted by atomic mass is 10.2. The van der Waals surface area contributed by atoms with Crippen LogP contribution in [0.25, 0.3) is 0 Å². The van der Waals surface area contributed by atoms with Gasteiger partial charge in [0, 0.05) is 52.9 Å². The number of nitrogens with one attached hydrogen (secondary N) is 2. The first kappa shape index (κ1) is 23.2. The van der Waals surface area contributed by atoms with Gasteiger partial charge in [-0.3, -0.25) is 10.1 Å². The zero-order chi connectivity index (χ0) is 22.2. The van der Waals surface area contributed by atoms with Crippen LogP contribution in [0.2, 0.25) is 15.1 Å². The molecule has 0 saturated carbocycles. The van der Waals surface area contributed by atoms with Gasteiger partial charge in [0.05, 0.1) is 15.6 Å². The molecular weight excluding hydrogens is 461 g/mol. The van der Waals surface area contributed by atoms with E-state index in [0.29, 0.717) is 47.0 Å². The van der Waals surface area contributed by atoms with Gasteiger partial charge >= 0.3 is 0 Å². The van der Waals surface area contributed by atoms with E-state index in [0.717, 1.165) is 16.9 Å². The fraction of sp³-hybridized carbons (Fsp3) is 0.182. The number of hydrogen-bond acceptors (Lipinski definition) is 5. The lowest BCUT2D eigenvalue weighted by molar-refractivity contribution is -0.384. The molecule has 0 amide bonds. The third-order valence-corrected chi connectivity index (χ3v) is 5.38. The van der Waals surface area contributed by atoms with Gasteiger partial charge in [0.2, 0.25) is 0 Å². The Kier molecular flexibility index (Phi) is 8.37. The fourth-order valence-electron chi connectivity index (χ4n) is 2.87. The Bertz CT molecular complexity index is 1060. The summed E-state index contributed by atoms with van der Waals surface area (Å²) in [6.07, 6.45) is 0. The van der Waals surface area contributed by atoms with Crippen molar-refractivity contribution in [2.45, 2.75) is 13.2 Å². The van der Waals surface area contributed by atoms with Crippen LogP contribution in [0.15, 0.2) is 60.7 Å². The molecule has 0 aromatic heterocycles. The number of benzene rings is 3. The number of halogens is 3. The molecule has 3 aromatic rings. The smallest absolute Gasteiger partial charge is 0.271 e. The summed E-state index contributed by atoms with van der Waals surface area (Å²) < 4.78 is 5.96. The standard InChI is InChI=1S/C22H20Cl3N3O3/c23-17-5-8-22(31-14-15-3-1-2-4-19(15)24)16(11-17)13-26-9-10-27-21-7-6-18(28(29)30)12-20(21)25/h1-8,11-12,26-27H,9-10,13-14H2. The molecule has 0 unspecified atom stereocenters. The predicted molar refractivity (Wildman–Crippen MR) is 126 cm³/mol. The van der Waals surface area contributed by atoms with E-state index in [2.05, 4.69) is 10.6 Å². The first-order chi connectivity index (χ1) is 14.9. The maximum atomic E-state index is 10.8. The van der Waals surface area contributed by atoms with E-state index in [1.807, 2.05) is 36.4 Å². The number of hydrogen-bond donors (Lipinski definition) is 2. The highest BCUT2D eigenvalue weighted by atomic mass is 35.5. The average Bonchev–Trinajstić information content (AvgIpc) is 2.74. The van der Waals surface area contributed by atoms with E-state index in [1.54, 1.807) is 12.1 Å². The van der Waals surface area contributed by atoms with Crippen molar-refractivity contribution < 1.29 is 9.66 Å². The summed E-state index contributed by atoms with van der Waals surface area (Å²) in [7, 11) is 0. The number of nitro benzene ring substituents is 1. The van der Waals surface area contributed by atoms with Gasteiger partial charge in [0.1, 0.15) is 12.4 Å². The van der Waals surface area contributed by atoms with Crippen LogP contribution in [0.3, 0.4) is 0 Å². The molecule has 0 radical (unpaired) electrons. The van der Waals surface area contributed by atoms with E-state index in [9.17, 15) is 10.1 Å². The van der Waals surface area contributed by atoms with Crippen LogP contribution in [-0.4, -0.2) is 18.0 Å². The highest BCUT2D eigenvalue weighted by Gasteiger charge is 2.09. The molecule has 3 rings (SSSR count). The minimum atomic E-state index is -0.479. The van der Waals surface area contributed by atoms with Gasteiger partial charge in [0.15, 0.2) is 0 Å². The SMILES string of the molecule is O=[N+]([O-])c1ccc(NCCNCc2cc(Cl)ccc2OCc2ccccc2Cl)c(Cl)c1. The topological polar surface area (TPSA) is 76.4 Å². The molecular formula is C22H20Cl3N3O3. The quantitative estimate of drug-likeness (QED) is 0.201. The number of nitrogens with zero attached hydrogens (tertiary/aromatic N) is 1. The van der Waals surface area contributed by atoms with Crippen molar-refractivity contribution in [1.29, 1.82) is 0 Å². The van der Waals surface area contributed by atoms with Crippen molar-refractivity contribution >= 4 is 46.2 Å². The Morgan fingerprint density at radius 3 is 2.45 bits per heavy atom. The van der Waals surface area contributed by atoms with Gasteiger partial charge in [-0.2, -0.15) is 0 Å². The van der Waals surface area contributed by atoms with Gasteiger partial charge in [-0.15, -0.1) is 0 Å². The van der Waals surface area contributed by atoms with Crippen molar-refractivity contribution in [2.24, 2.45) is 0 Å². The normalized spacial score (nSPS) is 10.7. The Hall–Kier alpha value is -2.51. The molecule has 6 nitrogen and oxygen atoms in total. The highest BCUT2D eigenvalue weighted by Crippen LogP contribution is 2.27. The van der Waals surface area contributed by atoms with Crippen molar-refractivity contribution in [2.75, 3.05) is 18.4 Å². The summed E-state index contributed by atoms with van der Waals surface area (Å²) in [5.41, 5.74) is 2.43. The second kappa shape index (κ2) is 11.2. The average molecular weight is 481 g/mol. The summed E-state index contributed by atoms with van der Waals surface area (Å²) in [4.78, 5) is 10.3. The van der Waals surface area contributed by atoms with Crippen LogP contribution in [0.5, 0.6) is 5.75 Å². The zero-order valence-corrected chi connectivity index (χ0v) is 18.7. The Morgan fingerprint density at radius 2 is 1.71 bits per heavy atom. The maximum absolute atomic E-state index is 10.8. The van der Waals surface area contributed by atoms with Gasteiger partial charge in [0.25, 0.3) is 5.69 Å². The molecule has 31 heavy (non-hydrogen) atoms. The van der Waals surface area contributed by atoms with Gasteiger partial charge in [-0.05, 0) is 30.3 Å². The number of rotatable bonds is 10. The molecule has 0 heterocycles. The third kappa shape index (κ3) is 6.74. The highest BCUT2D eigenvalue weighted by molar-refractivity contribution is 6.33. The largest absolute Gasteiger partial charge is 0.489 e. The lowest BCUT2D eigenvalue weighted by Crippen LogP contribution is -2.22. The Labute approximate surface area is 195 Å². The first-order valence-electron chi connectivity index (χ1n) is 9.47. The molecule has 0 aliphatic rings. The number of anilines is 1. The molecule has 9 heteroatoms. The molecule has 0 fully saturated rings. The van der Waals surface area contributed by atoms with E-state index >= 15 is 0 Å². The molecule has 0 bridgehead atoms.